The molecule has 2 aromatic carbocycles. The van der Waals surface area contributed by atoms with E-state index in [1.54, 1.807) is 18.3 Å². The summed E-state index contributed by atoms with van der Waals surface area (Å²) in [7, 11) is 0. The summed E-state index contributed by atoms with van der Waals surface area (Å²) in [5.41, 5.74) is -1.03. The number of benzene rings is 2. The molecule has 0 aliphatic rings. The van der Waals surface area contributed by atoms with Crippen molar-refractivity contribution in [3.63, 3.8) is 0 Å². The van der Waals surface area contributed by atoms with Crippen molar-refractivity contribution in [2.75, 3.05) is 0 Å². The molecule has 9 heteroatoms. The van der Waals surface area contributed by atoms with Crippen LogP contribution in [0.15, 0.2) is 73.1 Å². The van der Waals surface area contributed by atoms with Crippen molar-refractivity contribution < 1.29 is 22.7 Å². The molecule has 1 unspecified atom stereocenters. The van der Waals surface area contributed by atoms with Gasteiger partial charge >= 0.3 is 6.18 Å². The number of halogens is 4. The van der Waals surface area contributed by atoms with Crippen molar-refractivity contribution in [3.05, 3.63) is 90.1 Å². The van der Waals surface area contributed by atoms with Gasteiger partial charge in [-0.3, -0.25) is 4.98 Å². The number of fused-ring (bicyclic) bond motifs is 2. The molecule has 3 heterocycles. The van der Waals surface area contributed by atoms with Gasteiger partial charge in [0.2, 0.25) is 0 Å². The maximum Gasteiger partial charge on any atom is 0.421 e. The van der Waals surface area contributed by atoms with Crippen LogP contribution in [0, 0.1) is 5.82 Å². The average molecular weight is 440 g/mol. The normalized spacial score (nSPS) is 14.2. The molecular formula is C23H16F4N4O. The Morgan fingerprint density at radius 1 is 1.00 bits per heavy atom. The van der Waals surface area contributed by atoms with Gasteiger partial charge in [-0.15, -0.1) is 0 Å². The Labute approximate surface area is 178 Å². The maximum atomic E-state index is 14.1. The van der Waals surface area contributed by atoms with E-state index < -0.39 is 24.0 Å². The average Bonchev–Trinajstić information content (AvgIpc) is 3.36. The Balaban J connectivity index is 1.57. The largest absolute Gasteiger partial charge is 0.421 e. The number of aromatic amines is 1. The number of aliphatic hydroxyl groups is 1. The smallest absolute Gasteiger partial charge is 0.376 e. The van der Waals surface area contributed by atoms with Gasteiger partial charge in [-0.25, -0.2) is 9.07 Å². The molecule has 32 heavy (non-hydrogen) atoms. The molecule has 0 radical (unpaired) electrons. The molecule has 0 saturated carbocycles. The number of hydrogen-bond donors (Lipinski definition) is 2. The third kappa shape index (κ3) is 3.31. The van der Waals surface area contributed by atoms with Crippen LogP contribution >= 0.6 is 0 Å². The van der Waals surface area contributed by atoms with E-state index in [9.17, 15) is 22.7 Å². The predicted octanol–water partition coefficient (Wildman–Crippen LogP) is 5.03. The van der Waals surface area contributed by atoms with Gasteiger partial charge in [0.1, 0.15) is 5.82 Å². The molecule has 5 nitrogen and oxygen atoms in total. The fourth-order valence-electron chi connectivity index (χ4n) is 3.83. The number of pyridine rings is 1. The summed E-state index contributed by atoms with van der Waals surface area (Å²) in [5.74, 6) is -0.407. The maximum absolute atomic E-state index is 14.1. The van der Waals surface area contributed by atoms with Gasteiger partial charge in [0.15, 0.2) is 5.60 Å². The highest BCUT2D eigenvalue weighted by Crippen LogP contribution is 2.42. The Kier molecular flexibility index (Phi) is 4.52. The fraction of sp³-hybridized carbons (Fsp3) is 0.130. The number of hydrogen-bond acceptors (Lipinski definition) is 3. The lowest BCUT2D eigenvalue weighted by Gasteiger charge is -2.30. The Morgan fingerprint density at radius 3 is 2.50 bits per heavy atom. The van der Waals surface area contributed by atoms with Gasteiger partial charge in [0.25, 0.3) is 0 Å². The van der Waals surface area contributed by atoms with Crippen LogP contribution < -0.4 is 0 Å². The molecule has 2 N–H and O–H groups in total. The minimum atomic E-state index is -4.93. The molecule has 162 valence electrons. The highest BCUT2D eigenvalue weighted by molar-refractivity contribution is 5.81. The van der Waals surface area contributed by atoms with Crippen LogP contribution in [0.5, 0.6) is 0 Å². The number of nitrogens with zero attached hydrogens (tertiary/aromatic N) is 3. The van der Waals surface area contributed by atoms with Crippen LogP contribution in [0.3, 0.4) is 0 Å². The zero-order valence-electron chi connectivity index (χ0n) is 16.4. The topological polar surface area (TPSA) is 66.7 Å². The highest BCUT2D eigenvalue weighted by Gasteiger charge is 2.55. The zero-order valence-corrected chi connectivity index (χ0v) is 16.4. The summed E-state index contributed by atoms with van der Waals surface area (Å²) in [6.07, 6.45) is -2.68. The number of alkyl halides is 3. The summed E-state index contributed by atoms with van der Waals surface area (Å²) >= 11 is 0. The van der Waals surface area contributed by atoms with Gasteiger partial charge in [-0.2, -0.15) is 18.3 Å². The summed E-state index contributed by atoms with van der Waals surface area (Å²) < 4.78 is 57.0. The van der Waals surface area contributed by atoms with Crippen molar-refractivity contribution in [2.45, 2.75) is 18.2 Å². The first-order chi connectivity index (χ1) is 15.2. The zero-order chi connectivity index (χ0) is 22.5. The molecule has 0 spiro atoms. The molecule has 1 atom stereocenters. The Morgan fingerprint density at radius 2 is 1.78 bits per heavy atom. The van der Waals surface area contributed by atoms with E-state index in [4.69, 9.17) is 0 Å². The number of rotatable bonds is 4. The Bertz CT molecular complexity index is 1390. The van der Waals surface area contributed by atoms with Crippen molar-refractivity contribution in [1.29, 1.82) is 0 Å². The Hall–Kier alpha value is -3.72. The lowest BCUT2D eigenvalue weighted by atomic mass is 9.87. The van der Waals surface area contributed by atoms with E-state index in [-0.39, 0.29) is 11.3 Å². The second-order valence-electron chi connectivity index (χ2n) is 7.57. The third-order valence-corrected chi connectivity index (χ3v) is 5.48. The third-order valence-electron chi connectivity index (χ3n) is 5.48. The van der Waals surface area contributed by atoms with Crippen LogP contribution in [-0.2, 0) is 12.0 Å². The summed E-state index contributed by atoms with van der Waals surface area (Å²) in [4.78, 5) is 7.01. The van der Waals surface area contributed by atoms with Crippen molar-refractivity contribution in [3.8, 4) is 5.69 Å². The van der Waals surface area contributed by atoms with Crippen molar-refractivity contribution >= 4 is 21.9 Å². The first-order valence-electron chi connectivity index (χ1n) is 9.70. The van der Waals surface area contributed by atoms with Gasteiger partial charge in [0, 0.05) is 23.7 Å². The second kappa shape index (κ2) is 7.16. The van der Waals surface area contributed by atoms with Crippen molar-refractivity contribution in [2.24, 2.45) is 0 Å². The molecule has 0 saturated heterocycles. The van der Waals surface area contributed by atoms with Crippen LogP contribution in [0.2, 0.25) is 0 Å². The minimum Gasteiger partial charge on any atom is -0.376 e. The lowest BCUT2D eigenvalue weighted by molar-refractivity contribution is -0.266. The van der Waals surface area contributed by atoms with Crippen LogP contribution in [0.4, 0.5) is 17.6 Å². The van der Waals surface area contributed by atoms with E-state index in [1.165, 1.54) is 59.4 Å². The molecular weight excluding hydrogens is 424 g/mol. The SMILES string of the molecule is OC(Cc1cc2ncccc2[nH]1)(c1ccc2c(cnn2-c2ccc(F)cc2)c1)C(F)(F)F. The van der Waals surface area contributed by atoms with E-state index >= 15 is 0 Å². The number of aromatic nitrogens is 4. The first kappa shape index (κ1) is 20.2. The van der Waals surface area contributed by atoms with Crippen LogP contribution in [0.25, 0.3) is 27.6 Å². The quantitative estimate of drug-likeness (QED) is 0.385. The predicted molar refractivity (Wildman–Crippen MR) is 111 cm³/mol. The summed E-state index contributed by atoms with van der Waals surface area (Å²) in [6.45, 7) is 0. The monoisotopic (exact) mass is 440 g/mol. The minimum absolute atomic E-state index is 0.209. The van der Waals surface area contributed by atoms with E-state index in [0.29, 0.717) is 27.6 Å². The standard InChI is InChI=1S/C23H16F4N4O/c24-16-4-6-18(7-5-16)31-21-8-3-15(10-14(21)13-29-31)22(32,23(25,26)27)12-17-11-20-19(30-17)2-1-9-28-20/h1-11,13,30,32H,12H2. The van der Waals surface area contributed by atoms with Gasteiger partial charge in [-0.1, -0.05) is 6.07 Å². The lowest BCUT2D eigenvalue weighted by Crippen LogP contribution is -2.44. The molecule has 0 bridgehead atoms. The molecule has 0 aliphatic carbocycles. The van der Waals surface area contributed by atoms with Crippen molar-refractivity contribution in [1.82, 2.24) is 19.7 Å². The van der Waals surface area contributed by atoms with E-state index in [0.717, 1.165) is 0 Å². The van der Waals surface area contributed by atoms with Gasteiger partial charge < -0.3 is 10.1 Å². The molecule has 3 aromatic heterocycles. The first-order valence-corrected chi connectivity index (χ1v) is 9.70. The molecule has 5 aromatic rings. The van der Waals surface area contributed by atoms with Crippen LogP contribution in [-0.4, -0.2) is 31.0 Å². The number of H-pyrrole nitrogens is 1. The van der Waals surface area contributed by atoms with Crippen LogP contribution in [0.1, 0.15) is 11.3 Å². The van der Waals surface area contributed by atoms with Gasteiger partial charge in [-0.05, 0) is 60.2 Å². The van der Waals surface area contributed by atoms with E-state index in [1.807, 2.05) is 0 Å². The molecule has 0 fully saturated rings. The summed E-state index contributed by atoms with van der Waals surface area (Å²) in [6, 6.07) is 14.4. The summed E-state index contributed by atoms with van der Waals surface area (Å²) in [5, 5.41) is 15.5. The fourth-order valence-corrected chi connectivity index (χ4v) is 3.83. The molecule has 5 rings (SSSR count). The second-order valence-corrected chi connectivity index (χ2v) is 7.57. The van der Waals surface area contributed by atoms with Gasteiger partial charge in [0.05, 0.1) is 28.4 Å². The molecule has 0 amide bonds. The highest BCUT2D eigenvalue weighted by atomic mass is 19.4. The molecule has 0 aliphatic heterocycles. The van der Waals surface area contributed by atoms with E-state index in [2.05, 4.69) is 15.1 Å². The number of nitrogens with one attached hydrogen (secondary N) is 1.